The molecule has 34 heavy (non-hydrogen) atoms. The highest BCUT2D eigenvalue weighted by Gasteiger charge is 2.26. The van der Waals surface area contributed by atoms with Crippen molar-refractivity contribution in [3.63, 3.8) is 0 Å². The lowest BCUT2D eigenvalue weighted by atomic mass is 10.1. The minimum Gasteiger partial charge on any atom is -0.480 e. The van der Waals surface area contributed by atoms with Gasteiger partial charge < -0.3 is 21.5 Å². The van der Waals surface area contributed by atoms with Crippen LogP contribution in [0.3, 0.4) is 0 Å². The van der Waals surface area contributed by atoms with Crippen molar-refractivity contribution in [1.82, 2.24) is 15.4 Å². The fraction of sp³-hybridized carbons (Fsp3) is 0.273. The molecule has 0 aliphatic rings. The van der Waals surface area contributed by atoms with Crippen molar-refractivity contribution in [2.45, 2.75) is 30.7 Å². The van der Waals surface area contributed by atoms with Gasteiger partial charge in [-0.3, -0.25) is 19.8 Å². The first kappa shape index (κ1) is 26.5. The van der Waals surface area contributed by atoms with Crippen molar-refractivity contribution >= 4 is 33.6 Å². The zero-order chi connectivity index (χ0) is 25.3. The number of carbonyl (C=O) groups is 3. The van der Waals surface area contributed by atoms with E-state index in [4.69, 9.17) is 11.1 Å². The van der Waals surface area contributed by atoms with Crippen LogP contribution in [0.4, 0.5) is 0 Å². The highest BCUT2D eigenvalue weighted by Crippen LogP contribution is 2.11. The summed E-state index contributed by atoms with van der Waals surface area (Å²) in [7, 11) is -4.10. The maximum absolute atomic E-state index is 12.5. The van der Waals surface area contributed by atoms with Gasteiger partial charge in [0.2, 0.25) is 15.9 Å². The van der Waals surface area contributed by atoms with Gasteiger partial charge >= 0.3 is 5.97 Å². The standard InChI is InChI=1S/C22H27N5O6S/c1-2-14-3-9-17(10-4-14)34(32,33)27-18(22(30)31)13-26-19(28)11-12-25-21(29)16-7-5-15(6-8-16)20(23)24/h3-10,18,27H,2,11-13H2,1H3,(H3,23,24)(H,25,29)(H,26,28)(H,30,31)/t18-/m0/s1. The molecule has 2 amide bonds. The summed E-state index contributed by atoms with van der Waals surface area (Å²) in [6, 6.07) is 10.5. The average molecular weight is 490 g/mol. The SMILES string of the molecule is CCc1ccc(S(=O)(=O)N[C@@H](CNC(=O)CCNC(=O)c2ccc(C(=N)N)cc2)C(=O)O)cc1. The number of rotatable bonds is 12. The number of carbonyl (C=O) groups excluding carboxylic acids is 2. The number of nitrogens with two attached hydrogens (primary N) is 1. The molecule has 0 saturated carbocycles. The van der Waals surface area contributed by atoms with Gasteiger partial charge in [0.05, 0.1) is 4.90 Å². The third-order valence-electron chi connectivity index (χ3n) is 4.84. The monoisotopic (exact) mass is 489 g/mol. The van der Waals surface area contributed by atoms with E-state index in [1.807, 2.05) is 6.92 Å². The van der Waals surface area contributed by atoms with Gasteiger partial charge in [-0.25, -0.2) is 8.42 Å². The van der Waals surface area contributed by atoms with Crippen LogP contribution in [0.2, 0.25) is 0 Å². The van der Waals surface area contributed by atoms with Crippen molar-refractivity contribution in [2.24, 2.45) is 5.73 Å². The maximum Gasteiger partial charge on any atom is 0.323 e. The van der Waals surface area contributed by atoms with Gasteiger partial charge in [0, 0.05) is 30.6 Å². The van der Waals surface area contributed by atoms with E-state index in [0.717, 1.165) is 12.0 Å². The predicted molar refractivity (Wildman–Crippen MR) is 125 cm³/mol. The number of sulfonamides is 1. The van der Waals surface area contributed by atoms with Crippen LogP contribution >= 0.6 is 0 Å². The third-order valence-corrected chi connectivity index (χ3v) is 6.32. The molecule has 0 aliphatic heterocycles. The number of nitrogens with one attached hydrogen (secondary N) is 4. The predicted octanol–water partition coefficient (Wildman–Crippen LogP) is 0.201. The van der Waals surface area contributed by atoms with Crippen molar-refractivity contribution < 1.29 is 27.9 Å². The fourth-order valence-corrected chi connectivity index (χ4v) is 4.03. The molecule has 0 bridgehead atoms. The van der Waals surface area contributed by atoms with E-state index in [0.29, 0.717) is 11.1 Å². The zero-order valence-corrected chi connectivity index (χ0v) is 19.3. The third kappa shape index (κ3) is 7.67. The summed E-state index contributed by atoms with van der Waals surface area (Å²) in [5.41, 5.74) is 7.08. The van der Waals surface area contributed by atoms with Crippen LogP contribution in [-0.4, -0.2) is 56.3 Å². The highest BCUT2D eigenvalue weighted by molar-refractivity contribution is 7.89. The topological polar surface area (TPSA) is 192 Å². The summed E-state index contributed by atoms with van der Waals surface area (Å²) in [4.78, 5) is 35.6. The summed E-state index contributed by atoms with van der Waals surface area (Å²) >= 11 is 0. The number of aliphatic carboxylic acids is 1. The number of carboxylic acids is 1. The van der Waals surface area contributed by atoms with Crippen molar-refractivity contribution in [3.8, 4) is 0 Å². The van der Waals surface area contributed by atoms with Crippen LogP contribution in [0.1, 0.15) is 34.8 Å². The number of hydrogen-bond donors (Lipinski definition) is 6. The summed E-state index contributed by atoms with van der Waals surface area (Å²) in [5, 5.41) is 21.6. The Balaban J connectivity index is 1.84. The molecule has 0 unspecified atom stereocenters. The summed E-state index contributed by atoms with van der Waals surface area (Å²) in [5.74, 6) is -2.57. The molecule has 11 nitrogen and oxygen atoms in total. The zero-order valence-electron chi connectivity index (χ0n) is 18.5. The Kier molecular flexibility index (Phi) is 9.27. The molecule has 2 aromatic carbocycles. The number of benzene rings is 2. The van der Waals surface area contributed by atoms with Gasteiger partial charge in [0.25, 0.3) is 5.91 Å². The number of hydrogen-bond acceptors (Lipinski definition) is 6. The van der Waals surface area contributed by atoms with Crippen LogP contribution in [0.25, 0.3) is 0 Å². The molecular formula is C22H27N5O6S. The highest BCUT2D eigenvalue weighted by atomic mass is 32.2. The molecule has 2 rings (SSSR count). The lowest BCUT2D eigenvalue weighted by Gasteiger charge is -2.16. The van der Waals surface area contributed by atoms with Crippen LogP contribution in [0.5, 0.6) is 0 Å². The van der Waals surface area contributed by atoms with Gasteiger partial charge in [0.15, 0.2) is 0 Å². The van der Waals surface area contributed by atoms with E-state index in [1.165, 1.54) is 36.4 Å². The maximum atomic E-state index is 12.5. The Labute approximate surface area is 197 Å². The molecule has 0 fully saturated rings. The Morgan fingerprint density at radius 3 is 2.12 bits per heavy atom. The molecule has 0 radical (unpaired) electrons. The van der Waals surface area contributed by atoms with E-state index < -0.39 is 40.4 Å². The number of amidine groups is 1. The van der Waals surface area contributed by atoms with Gasteiger partial charge in [0.1, 0.15) is 11.9 Å². The molecule has 1 atom stereocenters. The van der Waals surface area contributed by atoms with Crippen molar-refractivity contribution in [1.29, 1.82) is 5.41 Å². The van der Waals surface area contributed by atoms with E-state index >= 15 is 0 Å². The molecule has 0 heterocycles. The number of aryl methyl sites for hydroxylation is 1. The minimum atomic E-state index is -4.10. The summed E-state index contributed by atoms with van der Waals surface area (Å²) < 4.78 is 27.0. The second-order valence-electron chi connectivity index (χ2n) is 7.31. The summed E-state index contributed by atoms with van der Waals surface area (Å²) in [6.45, 7) is 1.43. The van der Waals surface area contributed by atoms with Gasteiger partial charge in [-0.05, 0) is 36.2 Å². The van der Waals surface area contributed by atoms with Crippen LogP contribution in [-0.2, 0) is 26.0 Å². The Morgan fingerprint density at radius 2 is 1.59 bits per heavy atom. The minimum absolute atomic E-state index is 0.0215. The number of nitrogen functional groups attached to an aromatic ring is 1. The second kappa shape index (κ2) is 11.9. The first-order valence-corrected chi connectivity index (χ1v) is 11.8. The molecule has 0 saturated heterocycles. The van der Waals surface area contributed by atoms with E-state index in [2.05, 4.69) is 15.4 Å². The lowest BCUT2D eigenvalue weighted by Crippen LogP contribution is -2.48. The summed E-state index contributed by atoms with van der Waals surface area (Å²) in [6.07, 6.45) is 0.582. The largest absolute Gasteiger partial charge is 0.480 e. The molecule has 0 aromatic heterocycles. The van der Waals surface area contributed by atoms with Crippen LogP contribution in [0.15, 0.2) is 53.4 Å². The Bertz CT molecular complexity index is 1150. The Morgan fingerprint density at radius 1 is 1.00 bits per heavy atom. The second-order valence-corrected chi connectivity index (χ2v) is 9.02. The van der Waals surface area contributed by atoms with Crippen LogP contribution in [0, 0.1) is 5.41 Å². The lowest BCUT2D eigenvalue weighted by molar-refractivity contribution is -0.138. The molecule has 12 heteroatoms. The molecule has 182 valence electrons. The number of carboxylic acid groups (broad SMARTS) is 1. The molecule has 0 spiro atoms. The Hall–Kier alpha value is -3.77. The molecule has 0 aliphatic carbocycles. The van der Waals surface area contributed by atoms with E-state index in [-0.39, 0.29) is 23.7 Å². The van der Waals surface area contributed by atoms with Crippen molar-refractivity contribution in [2.75, 3.05) is 13.1 Å². The van der Waals surface area contributed by atoms with E-state index in [1.54, 1.807) is 12.1 Å². The fourth-order valence-electron chi connectivity index (χ4n) is 2.84. The number of amides is 2. The molecule has 7 N–H and O–H groups in total. The van der Waals surface area contributed by atoms with Crippen molar-refractivity contribution in [3.05, 3.63) is 65.2 Å². The van der Waals surface area contributed by atoms with Gasteiger partial charge in [-0.1, -0.05) is 31.2 Å². The van der Waals surface area contributed by atoms with E-state index in [9.17, 15) is 27.9 Å². The normalized spacial score (nSPS) is 11.9. The molecule has 2 aromatic rings. The molecular weight excluding hydrogens is 462 g/mol. The van der Waals surface area contributed by atoms with Gasteiger partial charge in [-0.2, -0.15) is 4.72 Å². The average Bonchev–Trinajstić information content (AvgIpc) is 2.81. The van der Waals surface area contributed by atoms with Gasteiger partial charge in [-0.15, -0.1) is 0 Å². The first-order valence-electron chi connectivity index (χ1n) is 10.4. The first-order chi connectivity index (χ1) is 16.0. The van der Waals surface area contributed by atoms with Crippen LogP contribution < -0.4 is 21.1 Å². The quantitative estimate of drug-likeness (QED) is 0.181. The smallest absolute Gasteiger partial charge is 0.323 e.